The summed E-state index contributed by atoms with van der Waals surface area (Å²) in [4.78, 5) is 22.9. The van der Waals surface area contributed by atoms with Crippen molar-refractivity contribution in [2.45, 2.75) is 9.79 Å². The van der Waals surface area contributed by atoms with E-state index in [1.807, 2.05) is 0 Å². The van der Waals surface area contributed by atoms with Crippen LogP contribution in [0.4, 0.5) is 11.4 Å². The molecule has 6 N–H and O–H groups in total. The second kappa shape index (κ2) is 8.96. The molecule has 0 saturated heterocycles. The highest BCUT2D eigenvalue weighted by Gasteiger charge is 2.27. The van der Waals surface area contributed by atoms with E-state index < -0.39 is 21.8 Å². The molecule has 0 heterocycles. The highest BCUT2D eigenvalue weighted by Crippen LogP contribution is 2.38. The van der Waals surface area contributed by atoms with Crippen LogP contribution in [0, 0.1) is 0 Å². The summed E-state index contributed by atoms with van der Waals surface area (Å²) in [6.07, 6.45) is 0. The van der Waals surface area contributed by atoms with Gasteiger partial charge in [-0.3, -0.25) is 0 Å². The van der Waals surface area contributed by atoms with Crippen LogP contribution >= 0.6 is 0 Å². The van der Waals surface area contributed by atoms with Crippen LogP contribution in [0.25, 0.3) is 22.3 Å². The Kier molecular flexibility index (Phi) is 6.02. The third kappa shape index (κ3) is 4.57. The number of carbonyl (C=O) groups is 2. The zero-order chi connectivity index (χ0) is 25.3. The molecule has 35 heavy (non-hydrogen) atoms. The maximum Gasteiger partial charge on any atom is 0.335 e. The molecule has 0 bridgehead atoms. The van der Waals surface area contributed by atoms with Crippen molar-refractivity contribution in [1.82, 2.24) is 0 Å². The molecule has 0 aliphatic rings. The van der Waals surface area contributed by atoms with Crippen molar-refractivity contribution in [1.29, 1.82) is 0 Å². The summed E-state index contributed by atoms with van der Waals surface area (Å²) in [5.41, 5.74) is 13.5. The number of sulfone groups is 1. The van der Waals surface area contributed by atoms with Crippen LogP contribution in [0.2, 0.25) is 0 Å². The molecule has 9 heteroatoms. The van der Waals surface area contributed by atoms with Crippen LogP contribution < -0.4 is 11.5 Å². The van der Waals surface area contributed by atoms with Crippen molar-refractivity contribution in [3.63, 3.8) is 0 Å². The van der Waals surface area contributed by atoms with Crippen molar-refractivity contribution >= 4 is 33.2 Å². The second-order valence-electron chi connectivity index (χ2n) is 7.79. The quantitative estimate of drug-likeness (QED) is 0.290. The largest absolute Gasteiger partial charge is 0.478 e. The highest BCUT2D eigenvalue weighted by atomic mass is 32.2. The fraction of sp³-hybridized carbons (Fsp3) is 0. The zero-order valence-corrected chi connectivity index (χ0v) is 19.0. The summed E-state index contributed by atoms with van der Waals surface area (Å²) >= 11 is 0. The number of benzene rings is 4. The number of carboxylic acids is 2. The normalized spacial score (nSPS) is 11.2. The lowest BCUT2D eigenvalue weighted by Gasteiger charge is -2.16. The minimum Gasteiger partial charge on any atom is -0.478 e. The molecule has 0 aliphatic carbocycles. The molecule has 0 amide bonds. The average molecular weight is 489 g/mol. The Hall–Kier alpha value is -4.63. The number of nitrogen functional groups attached to an aromatic ring is 2. The molecule has 0 unspecified atom stereocenters. The van der Waals surface area contributed by atoms with Crippen LogP contribution in [-0.2, 0) is 9.84 Å². The number of rotatable bonds is 6. The lowest BCUT2D eigenvalue weighted by Crippen LogP contribution is -2.09. The van der Waals surface area contributed by atoms with E-state index >= 15 is 0 Å². The molecule has 0 fully saturated rings. The fourth-order valence-electron chi connectivity index (χ4n) is 3.78. The number of aromatic carboxylic acids is 2. The average Bonchev–Trinajstić information content (AvgIpc) is 2.83. The van der Waals surface area contributed by atoms with E-state index in [0.717, 1.165) is 0 Å². The van der Waals surface area contributed by atoms with Crippen molar-refractivity contribution in [2.24, 2.45) is 0 Å². The van der Waals surface area contributed by atoms with Gasteiger partial charge in [-0.25, -0.2) is 18.0 Å². The molecule has 0 spiro atoms. The van der Waals surface area contributed by atoms with Crippen molar-refractivity contribution in [3.05, 3.63) is 96.1 Å². The Morgan fingerprint density at radius 1 is 0.600 bits per heavy atom. The van der Waals surface area contributed by atoms with Gasteiger partial charge in [-0.15, -0.1) is 0 Å². The molecular formula is C26H20N2O6S. The predicted molar refractivity (Wildman–Crippen MR) is 132 cm³/mol. The number of carboxylic acid groups (broad SMARTS) is 2. The molecule has 0 radical (unpaired) electrons. The van der Waals surface area contributed by atoms with Gasteiger partial charge in [0.1, 0.15) is 0 Å². The van der Waals surface area contributed by atoms with E-state index in [-0.39, 0.29) is 32.0 Å². The first kappa shape index (κ1) is 23.5. The van der Waals surface area contributed by atoms with Gasteiger partial charge in [0, 0.05) is 22.5 Å². The maximum atomic E-state index is 14.0. The Balaban J connectivity index is 2.02. The van der Waals surface area contributed by atoms with Gasteiger partial charge in [0.15, 0.2) is 0 Å². The van der Waals surface area contributed by atoms with Gasteiger partial charge < -0.3 is 21.7 Å². The van der Waals surface area contributed by atoms with Gasteiger partial charge in [-0.1, -0.05) is 24.3 Å². The highest BCUT2D eigenvalue weighted by molar-refractivity contribution is 7.91. The Labute approximate surface area is 201 Å². The molecule has 4 aromatic rings. The number of hydrogen-bond donors (Lipinski definition) is 4. The van der Waals surface area contributed by atoms with E-state index in [1.165, 1.54) is 36.4 Å². The summed E-state index contributed by atoms with van der Waals surface area (Å²) in [6, 6.07) is 20.3. The molecule has 4 aromatic carbocycles. The summed E-state index contributed by atoms with van der Waals surface area (Å²) in [5.74, 6) is -2.43. The molecule has 0 atom stereocenters. The van der Waals surface area contributed by atoms with Gasteiger partial charge in [-0.05, 0) is 71.8 Å². The lowest BCUT2D eigenvalue weighted by atomic mass is 10.0. The molecule has 8 nitrogen and oxygen atoms in total. The fourth-order valence-corrected chi connectivity index (χ4v) is 5.44. The van der Waals surface area contributed by atoms with E-state index in [0.29, 0.717) is 22.5 Å². The Morgan fingerprint density at radius 3 is 1.34 bits per heavy atom. The van der Waals surface area contributed by atoms with Crippen LogP contribution in [-0.4, -0.2) is 30.6 Å². The standard InChI is InChI=1S/C26H20N2O6S/c27-19-5-1-3-15(11-19)21-13-17(25(29)30)7-9-23(21)35(33,34)24-10-8-18(26(31)32)14-22(24)16-4-2-6-20(28)12-16/h1-14H,27-28H2,(H,29,30)(H,31,32). The third-order valence-electron chi connectivity index (χ3n) is 5.43. The minimum atomic E-state index is -4.27. The summed E-state index contributed by atoms with van der Waals surface area (Å²) in [5, 5.41) is 19.0. The van der Waals surface area contributed by atoms with Gasteiger partial charge in [0.05, 0.1) is 20.9 Å². The van der Waals surface area contributed by atoms with Crippen molar-refractivity contribution in [3.8, 4) is 22.3 Å². The molecule has 0 aliphatic heterocycles. The molecule has 0 saturated carbocycles. The van der Waals surface area contributed by atoms with Gasteiger partial charge in [0.25, 0.3) is 0 Å². The maximum absolute atomic E-state index is 14.0. The van der Waals surface area contributed by atoms with Gasteiger partial charge in [-0.2, -0.15) is 0 Å². The van der Waals surface area contributed by atoms with Crippen LogP contribution in [0.5, 0.6) is 0 Å². The van der Waals surface area contributed by atoms with E-state index in [1.54, 1.807) is 48.5 Å². The van der Waals surface area contributed by atoms with Crippen LogP contribution in [0.15, 0.2) is 94.7 Å². The first-order chi connectivity index (χ1) is 16.6. The SMILES string of the molecule is Nc1cccc(-c2cc(C(=O)O)ccc2S(=O)(=O)c2ccc(C(=O)O)cc2-c2cccc(N)c2)c1. The molecule has 4 rings (SSSR count). The first-order valence-corrected chi connectivity index (χ1v) is 11.8. The second-order valence-corrected chi connectivity index (χ2v) is 9.67. The van der Waals surface area contributed by atoms with Crippen LogP contribution in [0.1, 0.15) is 20.7 Å². The molecular weight excluding hydrogens is 468 g/mol. The van der Waals surface area contributed by atoms with E-state index in [9.17, 15) is 28.2 Å². The number of hydrogen-bond acceptors (Lipinski definition) is 6. The Morgan fingerprint density at radius 2 is 1.00 bits per heavy atom. The van der Waals surface area contributed by atoms with Gasteiger partial charge >= 0.3 is 11.9 Å². The monoisotopic (exact) mass is 488 g/mol. The smallest absolute Gasteiger partial charge is 0.335 e. The Bertz CT molecular complexity index is 1480. The zero-order valence-electron chi connectivity index (χ0n) is 18.2. The van der Waals surface area contributed by atoms with E-state index in [4.69, 9.17) is 11.5 Å². The predicted octanol–water partition coefficient (Wildman–Crippen LogP) is 4.41. The van der Waals surface area contributed by atoms with Crippen molar-refractivity contribution < 1.29 is 28.2 Å². The first-order valence-electron chi connectivity index (χ1n) is 10.3. The third-order valence-corrected chi connectivity index (χ3v) is 7.30. The number of anilines is 2. The van der Waals surface area contributed by atoms with E-state index in [2.05, 4.69) is 0 Å². The topological polar surface area (TPSA) is 161 Å². The summed E-state index contributed by atoms with van der Waals surface area (Å²) in [6.45, 7) is 0. The van der Waals surface area contributed by atoms with Gasteiger partial charge in [0.2, 0.25) is 9.84 Å². The summed E-state index contributed by atoms with van der Waals surface area (Å²) in [7, 11) is -4.27. The minimum absolute atomic E-state index is 0.0985. The van der Waals surface area contributed by atoms with Crippen molar-refractivity contribution in [2.75, 3.05) is 11.5 Å². The number of nitrogens with two attached hydrogens (primary N) is 2. The lowest BCUT2D eigenvalue weighted by molar-refractivity contribution is 0.0686. The molecule has 176 valence electrons. The summed E-state index contributed by atoms with van der Waals surface area (Å²) < 4.78 is 28.0. The molecule has 0 aromatic heterocycles. The van der Waals surface area contributed by atoms with Crippen LogP contribution in [0.3, 0.4) is 0 Å².